The molecule has 0 amide bonds. The molecule has 2 unspecified atom stereocenters. The van der Waals surface area contributed by atoms with Crippen LogP contribution in [-0.4, -0.2) is 12.6 Å². The molecule has 12 heavy (non-hydrogen) atoms. The first-order valence-corrected chi connectivity index (χ1v) is 3.46. The van der Waals surface area contributed by atoms with Crippen LogP contribution >= 0.6 is 9.90 Å². The van der Waals surface area contributed by atoms with Gasteiger partial charge in [0.1, 0.15) is 0 Å². The van der Waals surface area contributed by atoms with Crippen LogP contribution in [0.3, 0.4) is 0 Å². The van der Waals surface area contributed by atoms with E-state index in [0.29, 0.717) is 0 Å². The zero-order valence-corrected chi connectivity index (χ0v) is 12.0. The Morgan fingerprint density at radius 2 is 2.08 bits per heavy atom. The summed E-state index contributed by atoms with van der Waals surface area (Å²) >= 11 is 0. The fourth-order valence-corrected chi connectivity index (χ4v) is 0.741. The van der Waals surface area contributed by atoms with Gasteiger partial charge in [-0.1, -0.05) is 26.9 Å². The van der Waals surface area contributed by atoms with E-state index in [1.165, 1.54) is 6.47 Å². The molecule has 0 aromatic carbocycles. The van der Waals surface area contributed by atoms with E-state index in [4.69, 9.17) is 0 Å². The van der Waals surface area contributed by atoms with Gasteiger partial charge in [0.2, 0.25) is 0 Å². The molecule has 0 aromatic heterocycles. The smallest absolute Gasteiger partial charge is 0.0813 e. The SMILES string of the molecule is C=C(CC)C(CC)O[C-]=O.P.[W]. The molecule has 0 saturated heterocycles. The topological polar surface area (TPSA) is 26.3 Å². The molecule has 4 heteroatoms. The fourth-order valence-electron chi connectivity index (χ4n) is 0.741. The van der Waals surface area contributed by atoms with E-state index >= 15 is 0 Å². The predicted molar refractivity (Wildman–Crippen MR) is 51.4 cm³/mol. The first kappa shape index (κ1) is 18.2. The summed E-state index contributed by atoms with van der Waals surface area (Å²) in [4.78, 5) is 9.81. The molecule has 0 rings (SSSR count). The minimum atomic E-state index is -0.137. The molecule has 72 valence electrons. The third kappa shape index (κ3) is 7.00. The zero-order valence-electron chi connectivity index (χ0n) is 7.63. The predicted octanol–water partition coefficient (Wildman–Crippen LogP) is 1.87. The molecule has 0 fully saturated rings. The Kier molecular flexibility index (Phi) is 17.2. The average Bonchev–Trinajstić information content (AvgIpc) is 1.99. The first-order chi connectivity index (χ1) is 4.76. The van der Waals surface area contributed by atoms with Gasteiger partial charge in [-0.25, -0.2) is 0 Å². The number of hydrogen-bond donors (Lipinski definition) is 0. The van der Waals surface area contributed by atoms with Gasteiger partial charge in [0.25, 0.3) is 0 Å². The second-order valence-electron chi connectivity index (χ2n) is 2.11. The van der Waals surface area contributed by atoms with Crippen molar-refractivity contribution in [3.05, 3.63) is 12.2 Å². The molecule has 0 aliphatic carbocycles. The third-order valence-electron chi connectivity index (χ3n) is 1.47. The van der Waals surface area contributed by atoms with E-state index in [0.717, 1.165) is 18.4 Å². The van der Waals surface area contributed by atoms with Crippen LogP contribution in [0.25, 0.3) is 0 Å². The molecule has 0 aliphatic heterocycles. The Morgan fingerprint density at radius 1 is 1.58 bits per heavy atom. The summed E-state index contributed by atoms with van der Waals surface area (Å²) in [5, 5.41) is 0. The van der Waals surface area contributed by atoms with Crippen molar-refractivity contribution in [1.29, 1.82) is 0 Å². The maximum Gasteiger partial charge on any atom is 0.0813 e. The van der Waals surface area contributed by atoms with E-state index in [2.05, 4.69) is 11.3 Å². The number of ether oxygens (including phenoxy) is 1. The standard InChI is InChI=1S/C8H13O2.H3P.W/c1-4-7(3)8(5-2)10-6-9;;/h8H,3-5H2,1-2H3;1H3;/q-1;;. The monoisotopic (exact) mass is 359 g/mol. The van der Waals surface area contributed by atoms with Gasteiger partial charge in [-0.15, -0.1) is 0 Å². The normalized spacial score (nSPS) is 10.2. The Labute approximate surface area is 92.0 Å². The van der Waals surface area contributed by atoms with Gasteiger partial charge in [-0.3, -0.25) is 0 Å². The fraction of sp³-hybridized carbons (Fsp3) is 0.625. The van der Waals surface area contributed by atoms with Crippen molar-refractivity contribution < 1.29 is 30.6 Å². The van der Waals surface area contributed by atoms with Crippen LogP contribution in [-0.2, 0) is 30.6 Å². The number of hydrogen-bond acceptors (Lipinski definition) is 2. The summed E-state index contributed by atoms with van der Waals surface area (Å²) in [7, 11) is 0. The van der Waals surface area contributed by atoms with Gasteiger partial charge >= 0.3 is 0 Å². The maximum atomic E-state index is 9.81. The molecular formula is C8H16O2PW-. The quantitative estimate of drug-likeness (QED) is 0.426. The Bertz CT molecular complexity index is 128. The van der Waals surface area contributed by atoms with Crippen LogP contribution < -0.4 is 0 Å². The summed E-state index contributed by atoms with van der Waals surface area (Å²) in [6, 6.07) is 0. The van der Waals surface area contributed by atoms with Crippen LogP contribution in [0.15, 0.2) is 12.2 Å². The molecule has 2 nitrogen and oxygen atoms in total. The Morgan fingerprint density at radius 3 is 2.33 bits per heavy atom. The molecule has 0 spiro atoms. The molecule has 0 aliphatic rings. The van der Waals surface area contributed by atoms with Crippen molar-refractivity contribution in [3.63, 3.8) is 0 Å². The summed E-state index contributed by atoms with van der Waals surface area (Å²) < 4.78 is 4.64. The zero-order chi connectivity index (χ0) is 7.98. The molecule has 0 aromatic rings. The van der Waals surface area contributed by atoms with E-state index < -0.39 is 0 Å². The molecule has 0 heterocycles. The van der Waals surface area contributed by atoms with Crippen molar-refractivity contribution in [3.8, 4) is 0 Å². The van der Waals surface area contributed by atoms with E-state index in [1.54, 1.807) is 0 Å². The van der Waals surface area contributed by atoms with Crippen molar-refractivity contribution in [2.24, 2.45) is 0 Å². The van der Waals surface area contributed by atoms with Gasteiger partial charge in [0, 0.05) is 21.1 Å². The largest absolute Gasteiger partial charge is 0.648 e. The molecule has 2 atom stereocenters. The third-order valence-corrected chi connectivity index (χ3v) is 1.47. The summed E-state index contributed by atoms with van der Waals surface area (Å²) in [5.41, 5.74) is 0.950. The van der Waals surface area contributed by atoms with Crippen molar-refractivity contribution in [2.75, 3.05) is 0 Å². The minimum Gasteiger partial charge on any atom is -0.648 e. The average molecular weight is 359 g/mol. The Hall–Kier alpha value is 0.328. The van der Waals surface area contributed by atoms with Gasteiger partial charge in [0.05, 0.1) is 6.10 Å². The van der Waals surface area contributed by atoms with Gasteiger partial charge in [-0.2, -0.15) is 9.90 Å². The summed E-state index contributed by atoms with van der Waals surface area (Å²) in [5.74, 6) is 0. The van der Waals surface area contributed by atoms with Crippen molar-refractivity contribution >= 4 is 16.4 Å². The summed E-state index contributed by atoms with van der Waals surface area (Å²) in [6.45, 7) is 9.11. The minimum absolute atomic E-state index is 0. The maximum absolute atomic E-state index is 9.81. The summed E-state index contributed by atoms with van der Waals surface area (Å²) in [6.07, 6.45) is 1.49. The van der Waals surface area contributed by atoms with Crippen LogP contribution in [0.4, 0.5) is 0 Å². The van der Waals surface area contributed by atoms with E-state index in [9.17, 15) is 4.79 Å². The second-order valence-corrected chi connectivity index (χ2v) is 2.11. The number of rotatable bonds is 5. The van der Waals surface area contributed by atoms with Gasteiger partial charge < -0.3 is 9.53 Å². The van der Waals surface area contributed by atoms with E-state index in [-0.39, 0.29) is 37.1 Å². The number of carbonyl (C=O) groups excluding carboxylic acids is 1. The van der Waals surface area contributed by atoms with Crippen molar-refractivity contribution in [2.45, 2.75) is 32.8 Å². The Balaban J connectivity index is -0.000000405. The molecule has 0 bridgehead atoms. The van der Waals surface area contributed by atoms with Crippen LogP contribution in [0.5, 0.6) is 0 Å². The van der Waals surface area contributed by atoms with Gasteiger partial charge in [-0.05, 0) is 18.4 Å². The van der Waals surface area contributed by atoms with Crippen LogP contribution in [0, 0.1) is 0 Å². The molecule has 0 radical (unpaired) electrons. The first-order valence-electron chi connectivity index (χ1n) is 3.46. The molecular weight excluding hydrogens is 343 g/mol. The van der Waals surface area contributed by atoms with E-state index in [1.807, 2.05) is 13.8 Å². The van der Waals surface area contributed by atoms with Crippen molar-refractivity contribution in [1.82, 2.24) is 0 Å². The van der Waals surface area contributed by atoms with Crippen LogP contribution in [0.2, 0.25) is 0 Å². The van der Waals surface area contributed by atoms with Crippen LogP contribution in [0.1, 0.15) is 26.7 Å². The molecule has 0 saturated carbocycles. The molecule has 0 N–H and O–H groups in total. The second kappa shape index (κ2) is 11.3. The van der Waals surface area contributed by atoms with Gasteiger partial charge in [0.15, 0.2) is 0 Å².